The van der Waals surface area contributed by atoms with E-state index < -0.39 is 0 Å². The Labute approximate surface area is 157 Å². The summed E-state index contributed by atoms with van der Waals surface area (Å²) in [7, 11) is 0. The van der Waals surface area contributed by atoms with Crippen molar-refractivity contribution >= 4 is 5.78 Å². The lowest BCUT2D eigenvalue weighted by atomic mass is 10.1. The largest absolute Gasteiger partial charge is 0.317 e. The molecule has 6 nitrogen and oxygen atoms in total. The molecule has 3 aromatic rings. The van der Waals surface area contributed by atoms with Crippen LogP contribution in [-0.4, -0.2) is 19.9 Å². The second-order valence-corrected chi connectivity index (χ2v) is 6.50. The van der Waals surface area contributed by atoms with Crippen molar-refractivity contribution in [1.82, 2.24) is 14.1 Å². The molecule has 0 atom stereocenters. The second-order valence-electron chi connectivity index (χ2n) is 6.50. The molecule has 0 radical (unpaired) electrons. The van der Waals surface area contributed by atoms with Gasteiger partial charge in [-0.05, 0) is 45.4 Å². The minimum Gasteiger partial charge on any atom is -0.317 e. The average Bonchev–Trinajstić information content (AvgIpc) is 3.11. The van der Waals surface area contributed by atoms with Crippen LogP contribution in [0.15, 0.2) is 30.3 Å². The van der Waals surface area contributed by atoms with E-state index in [4.69, 9.17) is 5.26 Å². The molecule has 6 heteroatoms. The quantitative estimate of drug-likeness (QED) is 0.668. The number of benzene rings is 1. The van der Waals surface area contributed by atoms with Gasteiger partial charge in [0.2, 0.25) is 0 Å². The molecule has 0 saturated carbocycles. The number of aryl methyl sites for hydroxylation is 3. The van der Waals surface area contributed by atoms with Gasteiger partial charge < -0.3 is 9.13 Å². The third-order valence-corrected chi connectivity index (χ3v) is 4.76. The highest BCUT2D eigenvalue weighted by Crippen LogP contribution is 2.24. The third kappa shape index (κ3) is 3.02. The lowest BCUT2D eigenvalue weighted by molar-refractivity contribution is 0.0970. The van der Waals surface area contributed by atoms with E-state index in [2.05, 4.69) is 9.55 Å². The Morgan fingerprint density at radius 3 is 2.44 bits per heavy atom. The van der Waals surface area contributed by atoms with Gasteiger partial charge in [0.1, 0.15) is 18.0 Å². The number of imidazole rings is 1. The molecule has 0 aliphatic carbocycles. The molecule has 0 aliphatic heterocycles. The van der Waals surface area contributed by atoms with Gasteiger partial charge in [-0.25, -0.2) is 4.98 Å². The zero-order chi connectivity index (χ0) is 19.7. The number of carbonyl (C=O) groups excluding carboxylic acids is 1. The van der Waals surface area contributed by atoms with E-state index in [1.54, 1.807) is 6.92 Å². The first-order valence-corrected chi connectivity index (χ1v) is 8.54. The minimum absolute atomic E-state index is 0.0263. The van der Waals surface area contributed by atoms with E-state index in [9.17, 15) is 10.1 Å². The van der Waals surface area contributed by atoms with Gasteiger partial charge in [0.05, 0.1) is 6.54 Å². The van der Waals surface area contributed by atoms with Crippen molar-refractivity contribution in [1.29, 1.82) is 10.5 Å². The van der Waals surface area contributed by atoms with Crippen LogP contribution in [0, 0.1) is 50.4 Å². The van der Waals surface area contributed by atoms with Gasteiger partial charge in [-0.15, -0.1) is 0 Å². The van der Waals surface area contributed by atoms with Crippen molar-refractivity contribution in [2.75, 3.05) is 0 Å². The number of nitriles is 2. The van der Waals surface area contributed by atoms with Crippen LogP contribution in [0.5, 0.6) is 0 Å². The van der Waals surface area contributed by atoms with E-state index in [0.717, 1.165) is 22.6 Å². The monoisotopic (exact) mass is 357 g/mol. The average molecular weight is 357 g/mol. The highest BCUT2D eigenvalue weighted by Gasteiger charge is 2.21. The summed E-state index contributed by atoms with van der Waals surface area (Å²) in [5, 5.41) is 18.4. The van der Waals surface area contributed by atoms with Gasteiger partial charge in [-0.3, -0.25) is 4.79 Å². The first-order valence-electron chi connectivity index (χ1n) is 8.54. The number of hydrogen-bond donors (Lipinski definition) is 0. The summed E-state index contributed by atoms with van der Waals surface area (Å²) in [5.74, 6) is 0.355. The SMILES string of the molecule is Cc1ccccc1-n1c(C)cc(C(=O)Cn2c(C)nc(C#N)c2C#N)c1C. The molecule has 134 valence electrons. The van der Waals surface area contributed by atoms with Crippen molar-refractivity contribution in [2.24, 2.45) is 0 Å². The van der Waals surface area contributed by atoms with E-state index in [-0.39, 0.29) is 23.7 Å². The maximum Gasteiger partial charge on any atom is 0.184 e. The van der Waals surface area contributed by atoms with Crippen LogP contribution >= 0.6 is 0 Å². The van der Waals surface area contributed by atoms with Gasteiger partial charge in [0.25, 0.3) is 0 Å². The molecule has 0 bridgehead atoms. The maximum atomic E-state index is 13.0. The van der Waals surface area contributed by atoms with E-state index in [0.29, 0.717) is 11.4 Å². The van der Waals surface area contributed by atoms with Gasteiger partial charge in [-0.2, -0.15) is 10.5 Å². The first-order chi connectivity index (χ1) is 12.9. The lowest BCUT2D eigenvalue weighted by Crippen LogP contribution is -2.14. The topological polar surface area (TPSA) is 87.4 Å². The second kappa shape index (κ2) is 6.93. The van der Waals surface area contributed by atoms with Gasteiger partial charge >= 0.3 is 0 Å². The fourth-order valence-corrected chi connectivity index (χ4v) is 3.41. The van der Waals surface area contributed by atoms with Gasteiger partial charge in [-0.1, -0.05) is 18.2 Å². The number of ketones is 1. The summed E-state index contributed by atoms with van der Waals surface area (Å²) in [6, 6.07) is 13.8. The molecule has 0 aliphatic rings. The molecule has 0 fully saturated rings. The summed E-state index contributed by atoms with van der Waals surface area (Å²) in [6.45, 7) is 7.58. The Hall–Kier alpha value is -3.64. The number of hydrogen-bond acceptors (Lipinski definition) is 4. The summed E-state index contributed by atoms with van der Waals surface area (Å²) in [5.41, 5.74) is 4.74. The van der Waals surface area contributed by atoms with Crippen molar-refractivity contribution in [3.8, 4) is 17.8 Å². The molecule has 3 rings (SSSR count). The van der Waals surface area contributed by atoms with Crippen LogP contribution < -0.4 is 0 Å². The summed E-state index contributed by atoms with van der Waals surface area (Å²) >= 11 is 0. The lowest BCUT2D eigenvalue weighted by Gasteiger charge is -2.13. The highest BCUT2D eigenvalue weighted by atomic mass is 16.1. The summed E-state index contributed by atoms with van der Waals surface area (Å²) in [6.07, 6.45) is 0. The Bertz CT molecular complexity index is 1130. The predicted octanol–water partition coefficient (Wildman–Crippen LogP) is 3.53. The number of aromatic nitrogens is 3. The third-order valence-electron chi connectivity index (χ3n) is 4.76. The number of rotatable bonds is 4. The zero-order valence-corrected chi connectivity index (χ0v) is 15.7. The molecular weight excluding hydrogens is 338 g/mol. The molecule has 1 aromatic carbocycles. The van der Waals surface area contributed by atoms with E-state index in [1.807, 2.05) is 63.2 Å². The van der Waals surface area contributed by atoms with E-state index in [1.165, 1.54) is 4.57 Å². The predicted molar refractivity (Wildman–Crippen MR) is 101 cm³/mol. The number of Topliss-reactive ketones (excluding diaryl/α,β-unsaturated/α-hetero) is 1. The summed E-state index contributed by atoms with van der Waals surface area (Å²) in [4.78, 5) is 17.1. The van der Waals surface area contributed by atoms with Crippen molar-refractivity contribution in [3.05, 3.63) is 70.1 Å². The Morgan fingerprint density at radius 2 is 1.81 bits per heavy atom. The number of para-hydroxylation sites is 1. The van der Waals surface area contributed by atoms with Gasteiger partial charge in [0.15, 0.2) is 17.2 Å². The molecule has 0 spiro atoms. The Kier molecular flexibility index (Phi) is 4.66. The molecule has 0 unspecified atom stereocenters. The van der Waals surface area contributed by atoms with Crippen molar-refractivity contribution in [3.63, 3.8) is 0 Å². The molecular formula is C21H19N5O. The normalized spacial score (nSPS) is 10.4. The van der Waals surface area contributed by atoms with Crippen LogP contribution in [0.2, 0.25) is 0 Å². The standard InChI is InChI=1S/C21H19N5O/c1-13-7-5-6-8-19(13)26-14(2)9-17(15(26)3)21(27)12-25-16(4)24-18(10-22)20(25)11-23/h5-9H,12H2,1-4H3. The fraction of sp³-hybridized carbons (Fsp3) is 0.238. The molecule has 0 amide bonds. The van der Waals surface area contributed by atoms with Crippen molar-refractivity contribution < 1.29 is 4.79 Å². The smallest absolute Gasteiger partial charge is 0.184 e. The number of nitrogens with zero attached hydrogens (tertiary/aromatic N) is 5. The van der Waals surface area contributed by atoms with E-state index >= 15 is 0 Å². The molecule has 0 saturated heterocycles. The highest BCUT2D eigenvalue weighted by molar-refractivity contribution is 5.97. The molecule has 2 aromatic heterocycles. The molecule has 2 heterocycles. The van der Waals surface area contributed by atoms with Crippen LogP contribution in [0.25, 0.3) is 5.69 Å². The van der Waals surface area contributed by atoms with Crippen LogP contribution in [0.1, 0.15) is 44.5 Å². The van der Waals surface area contributed by atoms with Crippen LogP contribution in [0.4, 0.5) is 0 Å². The molecule has 27 heavy (non-hydrogen) atoms. The minimum atomic E-state index is -0.121. The first kappa shape index (κ1) is 18.2. The molecule has 0 N–H and O–H groups in total. The van der Waals surface area contributed by atoms with Crippen LogP contribution in [0.3, 0.4) is 0 Å². The maximum absolute atomic E-state index is 13.0. The number of carbonyl (C=O) groups is 1. The Balaban J connectivity index is 2.03. The zero-order valence-electron chi connectivity index (χ0n) is 15.7. The van der Waals surface area contributed by atoms with Gasteiger partial charge in [0, 0.05) is 22.6 Å². The fourth-order valence-electron chi connectivity index (χ4n) is 3.41. The van der Waals surface area contributed by atoms with Crippen molar-refractivity contribution in [2.45, 2.75) is 34.2 Å². The summed E-state index contributed by atoms with van der Waals surface area (Å²) < 4.78 is 3.57. The van der Waals surface area contributed by atoms with Crippen LogP contribution in [-0.2, 0) is 6.54 Å². The Morgan fingerprint density at radius 1 is 1.11 bits per heavy atom.